The van der Waals surface area contributed by atoms with Gasteiger partial charge in [-0.3, -0.25) is 0 Å². The van der Waals surface area contributed by atoms with Gasteiger partial charge in [0.1, 0.15) is 0 Å². The molecule has 0 saturated heterocycles. The lowest BCUT2D eigenvalue weighted by atomic mass is 10.2. The van der Waals surface area contributed by atoms with Crippen molar-refractivity contribution < 1.29 is 4.63 Å². The Morgan fingerprint density at radius 2 is 1.95 bits per heavy atom. The number of aryl methyl sites for hydroxylation is 2. The van der Waals surface area contributed by atoms with Crippen molar-refractivity contribution in [2.24, 2.45) is 0 Å². The number of rotatable bonds is 3. The van der Waals surface area contributed by atoms with Crippen LogP contribution in [0.3, 0.4) is 0 Å². The summed E-state index contributed by atoms with van der Waals surface area (Å²) in [6.45, 7) is 4.19. The summed E-state index contributed by atoms with van der Waals surface area (Å²) >= 11 is 0. The van der Waals surface area contributed by atoms with Gasteiger partial charge in [0.2, 0.25) is 0 Å². The lowest BCUT2D eigenvalue weighted by molar-refractivity contribution is 0.315. The van der Waals surface area contributed by atoms with Crippen LogP contribution in [0.4, 0.5) is 5.69 Å². The first kappa shape index (κ1) is 11.7. The van der Waals surface area contributed by atoms with E-state index in [4.69, 9.17) is 10.4 Å². The topological polar surface area (TPSA) is 82.8 Å². The number of nitrogen functional groups attached to an aromatic ring is 1. The van der Waals surface area contributed by atoms with Crippen molar-refractivity contribution in [1.29, 1.82) is 0 Å². The van der Waals surface area contributed by atoms with Crippen LogP contribution >= 0.6 is 0 Å². The van der Waals surface area contributed by atoms with Crippen LogP contribution in [0.5, 0.6) is 0 Å². The molecule has 0 unspecified atom stereocenters. The smallest absolute Gasteiger partial charge is 0.163 e. The highest BCUT2D eigenvalue weighted by Gasteiger charge is 2.15. The molecule has 0 spiro atoms. The molecule has 0 aliphatic rings. The Kier molecular flexibility index (Phi) is 2.70. The van der Waals surface area contributed by atoms with Gasteiger partial charge in [-0.15, -0.1) is 0 Å². The maximum atomic E-state index is 5.86. The second kappa shape index (κ2) is 4.38. The third-order valence-electron chi connectivity index (χ3n) is 3.21. The average Bonchev–Trinajstić information content (AvgIpc) is 3.05. The second-order valence-electron chi connectivity index (χ2n) is 4.38. The van der Waals surface area contributed by atoms with Crippen LogP contribution < -0.4 is 5.73 Å². The lowest BCUT2D eigenvalue weighted by Crippen LogP contribution is -2.03. The highest BCUT2D eigenvalue weighted by molar-refractivity contribution is 5.91. The summed E-state index contributed by atoms with van der Waals surface area (Å²) in [5.41, 5.74) is 10.7. The Bertz CT molecular complexity index is 728. The van der Waals surface area contributed by atoms with Gasteiger partial charge in [-0.1, -0.05) is 13.8 Å². The van der Waals surface area contributed by atoms with Crippen molar-refractivity contribution in [3.05, 3.63) is 29.6 Å². The zero-order valence-corrected chi connectivity index (χ0v) is 10.9. The molecule has 0 aliphatic carbocycles. The monoisotopic (exact) mass is 257 g/mol. The van der Waals surface area contributed by atoms with Gasteiger partial charge in [0.25, 0.3) is 0 Å². The Morgan fingerprint density at radius 1 is 1.16 bits per heavy atom. The third kappa shape index (κ3) is 1.76. The standard InChI is InChI=1S/C13H15N5O/c1-3-8-7-9(4-2)18(15-8)11-6-5-10(14)12-13(11)17-19-16-12/h5-7H,3-4,14H2,1-2H3. The van der Waals surface area contributed by atoms with E-state index >= 15 is 0 Å². The molecule has 0 radical (unpaired) electrons. The molecule has 98 valence electrons. The number of aromatic nitrogens is 4. The van der Waals surface area contributed by atoms with Crippen LogP contribution in [0.15, 0.2) is 22.8 Å². The van der Waals surface area contributed by atoms with Crippen LogP contribution in [0.2, 0.25) is 0 Å². The van der Waals surface area contributed by atoms with E-state index in [0.29, 0.717) is 16.7 Å². The van der Waals surface area contributed by atoms with E-state index < -0.39 is 0 Å². The summed E-state index contributed by atoms with van der Waals surface area (Å²) in [7, 11) is 0. The van der Waals surface area contributed by atoms with E-state index in [1.165, 1.54) is 0 Å². The minimum atomic E-state index is 0.556. The normalized spacial score (nSPS) is 11.3. The molecule has 19 heavy (non-hydrogen) atoms. The number of hydrogen-bond acceptors (Lipinski definition) is 5. The number of hydrogen-bond donors (Lipinski definition) is 1. The predicted octanol–water partition coefficient (Wildman–Crippen LogP) is 2.12. The lowest BCUT2D eigenvalue weighted by Gasteiger charge is -2.06. The number of nitrogens with zero attached hydrogens (tertiary/aromatic N) is 4. The van der Waals surface area contributed by atoms with E-state index in [9.17, 15) is 0 Å². The Labute approximate surface area is 110 Å². The van der Waals surface area contributed by atoms with Crippen LogP contribution in [0.1, 0.15) is 25.2 Å². The van der Waals surface area contributed by atoms with Gasteiger partial charge in [0, 0.05) is 5.69 Å². The predicted molar refractivity (Wildman–Crippen MR) is 72.1 cm³/mol. The fraction of sp³-hybridized carbons (Fsp3) is 0.308. The van der Waals surface area contributed by atoms with Gasteiger partial charge in [-0.25, -0.2) is 9.31 Å². The van der Waals surface area contributed by atoms with E-state index in [0.717, 1.165) is 29.9 Å². The van der Waals surface area contributed by atoms with E-state index in [1.807, 2.05) is 10.7 Å². The summed E-state index contributed by atoms with van der Waals surface area (Å²) in [5.74, 6) is 0. The molecule has 6 heteroatoms. The van der Waals surface area contributed by atoms with Crippen molar-refractivity contribution in [1.82, 2.24) is 20.1 Å². The van der Waals surface area contributed by atoms with Crippen molar-refractivity contribution in [3.8, 4) is 5.69 Å². The molecule has 2 aromatic heterocycles. The van der Waals surface area contributed by atoms with Crippen LogP contribution in [0, 0.1) is 0 Å². The number of fused-ring (bicyclic) bond motifs is 1. The molecule has 0 aliphatic heterocycles. The molecular formula is C13H15N5O. The van der Waals surface area contributed by atoms with Gasteiger partial charge in [-0.2, -0.15) is 5.10 Å². The molecule has 0 amide bonds. The summed E-state index contributed by atoms with van der Waals surface area (Å²) in [4.78, 5) is 0. The first-order valence-electron chi connectivity index (χ1n) is 6.33. The second-order valence-corrected chi connectivity index (χ2v) is 4.38. The minimum Gasteiger partial charge on any atom is -0.397 e. The molecule has 0 atom stereocenters. The number of anilines is 1. The zero-order valence-electron chi connectivity index (χ0n) is 10.9. The maximum absolute atomic E-state index is 5.86. The van der Waals surface area contributed by atoms with E-state index in [2.05, 4.69) is 35.3 Å². The number of nitrogens with two attached hydrogens (primary N) is 1. The largest absolute Gasteiger partial charge is 0.397 e. The van der Waals surface area contributed by atoms with Crippen LogP contribution in [0.25, 0.3) is 16.7 Å². The van der Waals surface area contributed by atoms with E-state index in [1.54, 1.807) is 6.07 Å². The molecule has 6 nitrogen and oxygen atoms in total. The molecular weight excluding hydrogens is 242 g/mol. The molecule has 0 saturated carbocycles. The van der Waals surface area contributed by atoms with Gasteiger partial charge in [0.05, 0.1) is 17.1 Å². The van der Waals surface area contributed by atoms with Gasteiger partial charge < -0.3 is 5.73 Å². The molecule has 2 heterocycles. The fourth-order valence-corrected chi connectivity index (χ4v) is 2.15. The van der Waals surface area contributed by atoms with Crippen LogP contribution in [-0.4, -0.2) is 20.1 Å². The Hall–Kier alpha value is -2.37. The van der Waals surface area contributed by atoms with Gasteiger partial charge in [0.15, 0.2) is 11.0 Å². The van der Waals surface area contributed by atoms with Gasteiger partial charge in [-0.05, 0) is 41.4 Å². The van der Waals surface area contributed by atoms with Crippen molar-refractivity contribution in [2.45, 2.75) is 26.7 Å². The SMILES string of the molecule is CCc1cc(CC)n(-c2ccc(N)c3nonc23)n1. The minimum absolute atomic E-state index is 0.556. The van der Waals surface area contributed by atoms with Crippen molar-refractivity contribution >= 4 is 16.7 Å². The third-order valence-corrected chi connectivity index (χ3v) is 3.21. The zero-order chi connectivity index (χ0) is 13.4. The first-order chi connectivity index (χ1) is 9.24. The highest BCUT2D eigenvalue weighted by atomic mass is 16.6. The molecule has 3 rings (SSSR count). The summed E-state index contributed by atoms with van der Waals surface area (Å²) in [5, 5.41) is 12.4. The summed E-state index contributed by atoms with van der Waals surface area (Å²) in [6.07, 6.45) is 1.79. The maximum Gasteiger partial charge on any atom is 0.163 e. The first-order valence-corrected chi connectivity index (χ1v) is 6.33. The molecule has 1 aromatic carbocycles. The fourth-order valence-electron chi connectivity index (χ4n) is 2.15. The molecule has 2 N–H and O–H groups in total. The van der Waals surface area contributed by atoms with E-state index in [-0.39, 0.29) is 0 Å². The highest BCUT2D eigenvalue weighted by Crippen LogP contribution is 2.25. The Morgan fingerprint density at radius 3 is 2.68 bits per heavy atom. The summed E-state index contributed by atoms with van der Waals surface area (Å²) in [6, 6.07) is 5.80. The average molecular weight is 257 g/mol. The van der Waals surface area contributed by atoms with Gasteiger partial charge >= 0.3 is 0 Å². The van der Waals surface area contributed by atoms with Crippen molar-refractivity contribution in [3.63, 3.8) is 0 Å². The quantitative estimate of drug-likeness (QED) is 0.726. The summed E-state index contributed by atoms with van der Waals surface area (Å²) < 4.78 is 6.69. The van der Waals surface area contributed by atoms with Crippen molar-refractivity contribution in [2.75, 3.05) is 5.73 Å². The number of benzene rings is 1. The molecule has 0 bridgehead atoms. The Balaban J connectivity index is 2.27. The molecule has 0 fully saturated rings. The molecule has 3 aromatic rings. The van der Waals surface area contributed by atoms with Crippen LogP contribution in [-0.2, 0) is 12.8 Å².